The minimum atomic E-state index is -0.152. The highest BCUT2D eigenvalue weighted by molar-refractivity contribution is 7.22. The lowest BCUT2D eigenvalue weighted by atomic mass is 10.3. The molecule has 0 aliphatic heterocycles. The van der Waals surface area contributed by atoms with Crippen LogP contribution in [-0.4, -0.2) is 16.8 Å². The van der Waals surface area contributed by atoms with Crippen LogP contribution in [0.25, 0.3) is 10.2 Å². The number of carbonyl (C=O) groups is 2. The predicted octanol–water partition coefficient (Wildman–Crippen LogP) is 3.88. The van der Waals surface area contributed by atoms with E-state index in [2.05, 4.69) is 15.6 Å². The summed E-state index contributed by atoms with van der Waals surface area (Å²) in [5, 5.41) is 6.10. The summed E-state index contributed by atoms with van der Waals surface area (Å²) >= 11 is 2.84. The lowest BCUT2D eigenvalue weighted by molar-refractivity contribution is -0.114. The maximum Gasteiger partial charge on any atom is 0.265 e. The largest absolute Gasteiger partial charge is 0.321 e. The van der Waals surface area contributed by atoms with E-state index in [4.69, 9.17) is 0 Å². The molecular formula is C15H13N3O2S2. The van der Waals surface area contributed by atoms with Gasteiger partial charge in [-0.1, -0.05) is 11.3 Å². The average molecular weight is 331 g/mol. The first-order valence-electron chi connectivity index (χ1n) is 6.57. The Bertz CT molecular complexity index is 867. The first-order chi connectivity index (χ1) is 10.5. The summed E-state index contributed by atoms with van der Waals surface area (Å²) < 4.78 is 0.906. The Labute approximate surface area is 135 Å². The van der Waals surface area contributed by atoms with Gasteiger partial charge < -0.3 is 10.6 Å². The van der Waals surface area contributed by atoms with Crippen LogP contribution in [0, 0.1) is 6.92 Å². The quantitative estimate of drug-likeness (QED) is 0.765. The van der Waals surface area contributed by atoms with Crippen LogP contribution in [0.15, 0.2) is 30.3 Å². The van der Waals surface area contributed by atoms with Gasteiger partial charge in [0.1, 0.15) is 0 Å². The smallest absolute Gasteiger partial charge is 0.265 e. The molecule has 2 amide bonds. The Balaban J connectivity index is 1.82. The lowest BCUT2D eigenvalue weighted by Gasteiger charge is -2.02. The number of nitrogens with zero attached hydrogens (tertiary/aromatic N) is 1. The van der Waals surface area contributed by atoms with Gasteiger partial charge in [-0.05, 0) is 37.3 Å². The number of aromatic nitrogens is 1. The van der Waals surface area contributed by atoms with Crippen LogP contribution in [0.2, 0.25) is 0 Å². The summed E-state index contributed by atoms with van der Waals surface area (Å²) in [6.07, 6.45) is 0. The Morgan fingerprint density at radius 1 is 1.09 bits per heavy atom. The van der Waals surface area contributed by atoms with Crippen molar-refractivity contribution in [3.05, 3.63) is 40.1 Å². The van der Waals surface area contributed by atoms with Crippen LogP contribution >= 0.6 is 22.7 Å². The molecule has 0 spiro atoms. The number of anilines is 2. The topological polar surface area (TPSA) is 71.1 Å². The van der Waals surface area contributed by atoms with E-state index in [1.54, 1.807) is 6.07 Å². The first-order valence-corrected chi connectivity index (χ1v) is 8.20. The molecule has 0 bridgehead atoms. The number of thiazole rings is 1. The number of hydrogen-bond donors (Lipinski definition) is 2. The van der Waals surface area contributed by atoms with E-state index in [9.17, 15) is 9.59 Å². The van der Waals surface area contributed by atoms with Gasteiger partial charge >= 0.3 is 0 Å². The maximum absolute atomic E-state index is 12.1. The molecule has 0 saturated carbocycles. The molecule has 3 aromatic rings. The van der Waals surface area contributed by atoms with Gasteiger partial charge in [-0.15, -0.1) is 11.3 Å². The van der Waals surface area contributed by atoms with Crippen LogP contribution < -0.4 is 10.6 Å². The Morgan fingerprint density at radius 3 is 2.59 bits per heavy atom. The van der Waals surface area contributed by atoms with Crippen molar-refractivity contribution in [3.8, 4) is 0 Å². The molecule has 112 valence electrons. The summed E-state index contributed by atoms with van der Waals surface area (Å²) in [4.78, 5) is 29.3. The van der Waals surface area contributed by atoms with Crippen molar-refractivity contribution in [2.24, 2.45) is 0 Å². The van der Waals surface area contributed by atoms with Gasteiger partial charge in [-0.3, -0.25) is 9.59 Å². The van der Waals surface area contributed by atoms with Gasteiger partial charge in [-0.2, -0.15) is 0 Å². The molecule has 5 nitrogen and oxygen atoms in total. The fourth-order valence-electron chi connectivity index (χ4n) is 1.96. The second-order valence-electron chi connectivity index (χ2n) is 4.75. The molecule has 0 radical (unpaired) electrons. The minimum Gasteiger partial charge on any atom is -0.321 e. The Kier molecular flexibility index (Phi) is 3.91. The highest BCUT2D eigenvalue weighted by Crippen LogP contribution is 2.28. The normalized spacial score (nSPS) is 10.6. The summed E-state index contributed by atoms with van der Waals surface area (Å²) in [5.74, 6) is -0.273. The summed E-state index contributed by atoms with van der Waals surface area (Å²) in [5.41, 5.74) is 1.50. The summed E-state index contributed by atoms with van der Waals surface area (Å²) in [6.45, 7) is 3.41. The Morgan fingerprint density at radius 2 is 1.91 bits per heavy atom. The van der Waals surface area contributed by atoms with Crippen LogP contribution in [0.5, 0.6) is 0 Å². The second-order valence-corrected chi connectivity index (χ2v) is 7.07. The van der Waals surface area contributed by atoms with E-state index in [1.807, 2.05) is 31.2 Å². The zero-order valence-electron chi connectivity index (χ0n) is 12.0. The number of amides is 2. The van der Waals surface area contributed by atoms with Crippen molar-refractivity contribution < 1.29 is 9.59 Å². The van der Waals surface area contributed by atoms with Crippen LogP contribution in [0.3, 0.4) is 0 Å². The molecular weight excluding hydrogens is 318 g/mol. The maximum atomic E-state index is 12.1. The number of rotatable bonds is 3. The highest BCUT2D eigenvalue weighted by Gasteiger charge is 2.10. The standard InChI is InChI=1S/C15H13N3O2S2/c1-8-3-6-12(21-8)14(20)17-10-4-5-11-13(7-10)22-15(18-11)16-9(2)19/h3-7H,1-2H3,(H,17,20)(H,16,18,19). The van der Waals surface area contributed by atoms with E-state index in [1.165, 1.54) is 29.6 Å². The summed E-state index contributed by atoms with van der Waals surface area (Å²) in [6, 6.07) is 9.22. The van der Waals surface area contributed by atoms with Gasteiger partial charge in [0.2, 0.25) is 5.91 Å². The number of fused-ring (bicyclic) bond motifs is 1. The molecule has 3 rings (SSSR count). The number of thiophene rings is 1. The third kappa shape index (κ3) is 3.15. The summed E-state index contributed by atoms with van der Waals surface area (Å²) in [7, 11) is 0. The third-order valence-electron chi connectivity index (χ3n) is 2.89. The number of nitrogens with one attached hydrogen (secondary N) is 2. The molecule has 0 saturated heterocycles. The van der Waals surface area contributed by atoms with Crippen molar-refractivity contribution in [3.63, 3.8) is 0 Å². The van der Waals surface area contributed by atoms with E-state index >= 15 is 0 Å². The number of carbonyl (C=O) groups excluding carboxylic acids is 2. The van der Waals surface area contributed by atoms with Crippen molar-refractivity contribution in [1.29, 1.82) is 0 Å². The second kappa shape index (κ2) is 5.86. The molecule has 0 atom stereocenters. The Hall–Kier alpha value is -2.25. The fourth-order valence-corrected chi connectivity index (χ4v) is 3.67. The monoisotopic (exact) mass is 331 g/mol. The van der Waals surface area contributed by atoms with E-state index in [-0.39, 0.29) is 11.8 Å². The van der Waals surface area contributed by atoms with Crippen LogP contribution in [0.4, 0.5) is 10.8 Å². The molecule has 0 fully saturated rings. The SMILES string of the molecule is CC(=O)Nc1nc2ccc(NC(=O)c3ccc(C)s3)cc2s1. The number of hydrogen-bond acceptors (Lipinski definition) is 5. The van der Waals surface area contributed by atoms with Gasteiger partial charge in [0.15, 0.2) is 5.13 Å². The molecule has 0 unspecified atom stereocenters. The molecule has 7 heteroatoms. The van der Waals surface area contributed by atoms with Crippen molar-refractivity contribution in [2.45, 2.75) is 13.8 Å². The number of aryl methyl sites for hydroxylation is 1. The fraction of sp³-hybridized carbons (Fsp3) is 0.133. The van der Waals surface area contributed by atoms with Crippen LogP contribution in [0.1, 0.15) is 21.5 Å². The lowest BCUT2D eigenvalue weighted by Crippen LogP contribution is -2.09. The van der Waals surface area contributed by atoms with Crippen molar-refractivity contribution >= 4 is 55.5 Å². The third-order valence-corrected chi connectivity index (χ3v) is 4.83. The zero-order valence-corrected chi connectivity index (χ0v) is 13.6. The first kappa shape index (κ1) is 14.7. The van der Waals surface area contributed by atoms with Crippen molar-refractivity contribution in [2.75, 3.05) is 10.6 Å². The predicted molar refractivity (Wildman–Crippen MR) is 90.9 cm³/mol. The zero-order chi connectivity index (χ0) is 15.7. The molecule has 0 aliphatic rings. The highest BCUT2D eigenvalue weighted by atomic mass is 32.1. The van der Waals surface area contributed by atoms with Gasteiger partial charge in [-0.25, -0.2) is 4.98 Å². The average Bonchev–Trinajstić information content (AvgIpc) is 3.03. The van der Waals surface area contributed by atoms with Crippen molar-refractivity contribution in [1.82, 2.24) is 4.98 Å². The van der Waals surface area contributed by atoms with E-state index in [0.717, 1.165) is 15.1 Å². The number of benzene rings is 1. The molecule has 0 aliphatic carbocycles. The van der Waals surface area contributed by atoms with Crippen LogP contribution in [-0.2, 0) is 4.79 Å². The molecule has 2 aromatic heterocycles. The van der Waals surface area contributed by atoms with Gasteiger partial charge in [0.25, 0.3) is 5.91 Å². The van der Waals surface area contributed by atoms with E-state index < -0.39 is 0 Å². The molecule has 1 aromatic carbocycles. The molecule has 2 heterocycles. The minimum absolute atomic E-state index is 0.121. The van der Waals surface area contributed by atoms with Gasteiger partial charge in [0, 0.05) is 17.5 Å². The molecule has 2 N–H and O–H groups in total. The van der Waals surface area contributed by atoms with E-state index in [0.29, 0.717) is 15.7 Å². The van der Waals surface area contributed by atoms with Gasteiger partial charge in [0.05, 0.1) is 15.1 Å². The molecule has 22 heavy (non-hydrogen) atoms.